The van der Waals surface area contributed by atoms with Gasteiger partial charge in [-0.3, -0.25) is 4.79 Å². The molecule has 0 aromatic heterocycles. The first-order valence-electron chi connectivity index (χ1n) is 6.21. The monoisotopic (exact) mass is 207 g/mol. The van der Waals surface area contributed by atoms with Crippen LogP contribution in [0.3, 0.4) is 0 Å². The molecule has 2 heteroatoms. The highest BCUT2D eigenvalue weighted by Crippen LogP contribution is 2.32. The maximum Gasteiger partial charge on any atom is 0.160 e. The lowest BCUT2D eigenvalue weighted by Crippen LogP contribution is -2.39. The minimum atomic E-state index is -0.171. The molecule has 2 aliphatic rings. The molecule has 0 aromatic carbocycles. The van der Waals surface area contributed by atoms with Gasteiger partial charge in [0.2, 0.25) is 0 Å². The summed E-state index contributed by atoms with van der Waals surface area (Å²) in [5, 5.41) is 0. The number of ketones is 1. The first kappa shape index (κ1) is 10.9. The quantitative estimate of drug-likeness (QED) is 0.773. The fourth-order valence-electron chi connectivity index (χ4n) is 2.78. The van der Waals surface area contributed by atoms with Gasteiger partial charge in [0.25, 0.3) is 0 Å². The van der Waals surface area contributed by atoms with Crippen LogP contribution >= 0.6 is 0 Å². The van der Waals surface area contributed by atoms with Crippen molar-refractivity contribution in [1.82, 2.24) is 0 Å². The van der Waals surface area contributed by atoms with Gasteiger partial charge in [-0.15, -0.1) is 0 Å². The molecule has 15 heavy (non-hydrogen) atoms. The summed E-state index contributed by atoms with van der Waals surface area (Å²) in [5.41, 5.74) is 7.10. The molecule has 0 aliphatic heterocycles. The van der Waals surface area contributed by atoms with Gasteiger partial charge in [-0.05, 0) is 44.1 Å². The second-order valence-corrected chi connectivity index (χ2v) is 5.14. The molecule has 0 spiro atoms. The number of hydrogen-bond acceptors (Lipinski definition) is 2. The van der Waals surface area contributed by atoms with Crippen molar-refractivity contribution in [3.63, 3.8) is 0 Å². The Morgan fingerprint density at radius 2 is 2.00 bits per heavy atom. The average molecular weight is 207 g/mol. The molecule has 84 valence electrons. The van der Waals surface area contributed by atoms with Gasteiger partial charge in [0.1, 0.15) is 0 Å². The second kappa shape index (κ2) is 4.48. The first-order chi connectivity index (χ1) is 7.20. The van der Waals surface area contributed by atoms with Crippen molar-refractivity contribution < 1.29 is 4.79 Å². The van der Waals surface area contributed by atoms with Crippen molar-refractivity contribution in [1.29, 1.82) is 0 Å². The van der Waals surface area contributed by atoms with Crippen LogP contribution in [0.1, 0.15) is 57.8 Å². The number of carbonyl (C=O) groups is 1. The number of hydrogen-bond donors (Lipinski definition) is 1. The minimum Gasteiger partial charge on any atom is -0.325 e. The fraction of sp³-hybridized carbons (Fsp3) is 0.769. The van der Waals surface area contributed by atoms with E-state index in [1.165, 1.54) is 25.7 Å². The third-order valence-corrected chi connectivity index (χ3v) is 3.76. The zero-order chi connectivity index (χ0) is 10.7. The Morgan fingerprint density at radius 1 is 1.27 bits per heavy atom. The highest BCUT2D eigenvalue weighted by Gasteiger charge is 2.32. The van der Waals surface area contributed by atoms with Gasteiger partial charge in [-0.2, -0.15) is 0 Å². The van der Waals surface area contributed by atoms with Gasteiger partial charge in [0, 0.05) is 12.0 Å². The van der Waals surface area contributed by atoms with Crippen LogP contribution in [-0.2, 0) is 4.79 Å². The van der Waals surface area contributed by atoms with Gasteiger partial charge < -0.3 is 5.73 Å². The number of allylic oxidation sites excluding steroid dienone is 2. The van der Waals surface area contributed by atoms with Crippen LogP contribution in [0.2, 0.25) is 0 Å². The van der Waals surface area contributed by atoms with Crippen molar-refractivity contribution in [2.45, 2.75) is 63.3 Å². The van der Waals surface area contributed by atoms with Crippen molar-refractivity contribution >= 4 is 5.78 Å². The molecule has 0 heterocycles. The molecule has 0 bridgehead atoms. The third-order valence-electron chi connectivity index (χ3n) is 3.76. The SMILES string of the molecule is NC1(CC(=O)C2=CCCCC2)CCCC1. The molecule has 0 unspecified atom stereocenters. The fourth-order valence-corrected chi connectivity index (χ4v) is 2.78. The van der Waals surface area contributed by atoms with Gasteiger partial charge in [-0.25, -0.2) is 0 Å². The lowest BCUT2D eigenvalue weighted by atomic mass is 9.86. The molecule has 0 aromatic rings. The van der Waals surface area contributed by atoms with Gasteiger partial charge in [0.05, 0.1) is 0 Å². The number of nitrogens with two attached hydrogens (primary N) is 1. The molecule has 0 amide bonds. The zero-order valence-corrected chi connectivity index (χ0v) is 9.43. The van der Waals surface area contributed by atoms with Crippen molar-refractivity contribution in [2.75, 3.05) is 0 Å². The molecule has 2 rings (SSSR count). The smallest absolute Gasteiger partial charge is 0.160 e. The molecule has 0 atom stereocenters. The normalized spacial score (nSPS) is 25.0. The third kappa shape index (κ3) is 2.69. The molecular formula is C13H21NO. The van der Waals surface area contributed by atoms with Crippen LogP contribution in [0.4, 0.5) is 0 Å². The molecular weight excluding hydrogens is 186 g/mol. The van der Waals surface area contributed by atoms with E-state index in [9.17, 15) is 4.79 Å². The van der Waals surface area contributed by atoms with Crippen LogP contribution in [0, 0.1) is 0 Å². The molecule has 2 aliphatic carbocycles. The van der Waals surface area contributed by atoms with Crippen LogP contribution in [-0.4, -0.2) is 11.3 Å². The maximum atomic E-state index is 12.0. The largest absolute Gasteiger partial charge is 0.325 e. The topological polar surface area (TPSA) is 43.1 Å². The molecule has 1 saturated carbocycles. The highest BCUT2D eigenvalue weighted by molar-refractivity contribution is 5.96. The molecule has 0 radical (unpaired) electrons. The summed E-state index contributed by atoms with van der Waals surface area (Å²) < 4.78 is 0. The van der Waals surface area contributed by atoms with Crippen LogP contribution in [0.25, 0.3) is 0 Å². The minimum absolute atomic E-state index is 0.171. The number of Topliss-reactive ketones (excluding diaryl/α,β-unsaturated/α-hetero) is 1. The van der Waals surface area contributed by atoms with Gasteiger partial charge >= 0.3 is 0 Å². The van der Waals surface area contributed by atoms with E-state index in [-0.39, 0.29) is 5.54 Å². The van der Waals surface area contributed by atoms with Gasteiger partial charge in [0.15, 0.2) is 5.78 Å². The summed E-state index contributed by atoms with van der Waals surface area (Å²) in [6, 6.07) is 0. The summed E-state index contributed by atoms with van der Waals surface area (Å²) in [4.78, 5) is 12.0. The summed E-state index contributed by atoms with van der Waals surface area (Å²) in [6.07, 6.45) is 11.7. The van der Waals surface area contributed by atoms with E-state index < -0.39 is 0 Å². The molecule has 1 fully saturated rings. The Labute approximate surface area is 91.9 Å². The summed E-state index contributed by atoms with van der Waals surface area (Å²) >= 11 is 0. The Bertz CT molecular complexity index is 274. The van der Waals surface area contributed by atoms with Crippen molar-refractivity contribution in [3.05, 3.63) is 11.6 Å². The standard InChI is InChI=1S/C13H21NO/c14-13(8-4-5-9-13)10-12(15)11-6-2-1-3-7-11/h6H,1-5,7-10,14H2. The summed E-state index contributed by atoms with van der Waals surface area (Å²) in [7, 11) is 0. The van der Waals surface area contributed by atoms with Crippen molar-refractivity contribution in [3.8, 4) is 0 Å². The first-order valence-corrected chi connectivity index (χ1v) is 6.21. The molecule has 2 nitrogen and oxygen atoms in total. The Balaban J connectivity index is 1.93. The average Bonchev–Trinajstić information content (AvgIpc) is 2.66. The van der Waals surface area contributed by atoms with Gasteiger partial charge in [-0.1, -0.05) is 18.9 Å². The van der Waals surface area contributed by atoms with E-state index in [1.807, 2.05) is 0 Å². The number of carbonyl (C=O) groups excluding carboxylic acids is 1. The summed E-state index contributed by atoms with van der Waals surface area (Å²) in [5.74, 6) is 0.319. The van der Waals surface area contributed by atoms with E-state index in [2.05, 4.69) is 6.08 Å². The number of rotatable bonds is 3. The van der Waals surface area contributed by atoms with E-state index >= 15 is 0 Å². The predicted octanol–water partition coefficient (Wildman–Crippen LogP) is 2.72. The lowest BCUT2D eigenvalue weighted by molar-refractivity contribution is -0.116. The molecule has 2 N–H and O–H groups in total. The van der Waals surface area contributed by atoms with Crippen LogP contribution < -0.4 is 5.73 Å². The Kier molecular flexibility index (Phi) is 3.25. The second-order valence-electron chi connectivity index (χ2n) is 5.14. The van der Waals surface area contributed by atoms with E-state index in [4.69, 9.17) is 5.73 Å². The van der Waals surface area contributed by atoms with Crippen molar-refractivity contribution in [2.24, 2.45) is 5.73 Å². The van der Waals surface area contributed by atoms with Crippen LogP contribution in [0.15, 0.2) is 11.6 Å². The summed E-state index contributed by atoms with van der Waals surface area (Å²) in [6.45, 7) is 0. The van der Waals surface area contributed by atoms with E-state index in [0.29, 0.717) is 12.2 Å². The predicted molar refractivity (Wildman–Crippen MR) is 61.6 cm³/mol. The highest BCUT2D eigenvalue weighted by atomic mass is 16.1. The van der Waals surface area contributed by atoms with Crippen LogP contribution in [0.5, 0.6) is 0 Å². The molecule has 0 saturated heterocycles. The maximum absolute atomic E-state index is 12.0. The van der Waals surface area contributed by atoms with E-state index in [1.54, 1.807) is 0 Å². The van der Waals surface area contributed by atoms with E-state index in [0.717, 1.165) is 31.3 Å². The Morgan fingerprint density at radius 3 is 2.60 bits per heavy atom. The zero-order valence-electron chi connectivity index (χ0n) is 9.43. The Hall–Kier alpha value is -0.630. The lowest BCUT2D eigenvalue weighted by Gasteiger charge is -2.23.